The molecule has 0 rings (SSSR count). The van der Waals surface area contributed by atoms with Gasteiger partial charge in [-0.15, -0.1) is 69.6 Å². The topological polar surface area (TPSA) is 0 Å². The normalized spacial score (nSPS) is 7.71. The Hall–Kier alpha value is 4.35. The van der Waals surface area contributed by atoms with E-state index in [2.05, 4.69) is 0 Å². The quantitative estimate of drug-likeness (QED) is 0.239. The van der Waals surface area contributed by atoms with Crippen molar-refractivity contribution in [3.63, 3.8) is 0 Å². The van der Waals surface area contributed by atoms with E-state index in [4.69, 9.17) is 174 Å². The molecule has 0 spiro atoms. The number of hydrogen-bond acceptors (Lipinski definition) is 0. The van der Waals surface area contributed by atoms with Gasteiger partial charge in [-0.05, 0) is 0 Å². The highest BCUT2D eigenvalue weighted by molar-refractivity contribution is 6.63. The van der Waals surface area contributed by atoms with Crippen molar-refractivity contribution in [2.45, 2.75) is 12.9 Å². The van der Waals surface area contributed by atoms with Gasteiger partial charge in [0.05, 0.1) is 16.0 Å². The van der Waals surface area contributed by atoms with Crippen molar-refractivity contribution in [1.29, 1.82) is 0 Å². The lowest BCUT2D eigenvalue weighted by molar-refractivity contribution is 1.96. The molecule has 0 aromatic carbocycles. The Bertz CT molecular complexity index is 70.9. The van der Waals surface area contributed by atoms with E-state index < -0.39 is 12.9 Å². The van der Waals surface area contributed by atoms with E-state index in [0.717, 1.165) is 0 Å². The summed E-state index contributed by atoms with van der Waals surface area (Å²) < 4.78 is -2.25. The molecule has 0 aliphatic heterocycles. The highest BCUT2D eigenvalue weighted by atomic mass is 35.6. The molecule has 0 unspecified atom stereocenters. The lowest BCUT2D eigenvalue weighted by Gasteiger charge is -1.69. The van der Waals surface area contributed by atoms with Gasteiger partial charge in [-0.1, -0.05) is 104 Å². The molecule has 0 aromatic heterocycles. The molecular formula is C6H9Cl15. The first-order valence-corrected chi connectivity index (χ1v) is 10.7. The zero-order chi connectivity index (χ0) is 18.9. The molecule has 21 heavy (non-hydrogen) atoms. The highest BCUT2D eigenvalue weighted by Crippen LogP contribution is 2.04. The summed E-state index contributed by atoms with van der Waals surface area (Å²) in [5, 5.41) is 0.583. The zero-order valence-electron chi connectivity index (χ0n) is 9.52. The lowest BCUT2D eigenvalue weighted by Crippen LogP contribution is -1.55. The Morgan fingerprint density at radius 3 is 0.333 bits per heavy atom. The van der Waals surface area contributed by atoms with Crippen molar-refractivity contribution >= 4 is 174 Å². The number of rotatable bonds is 0. The fourth-order valence-electron chi connectivity index (χ4n) is 0. The smallest absolute Gasteiger partial charge is 0.109 e. The summed E-state index contributed by atoms with van der Waals surface area (Å²) in [7, 11) is 0. The predicted molar refractivity (Wildman–Crippen MR) is 114 cm³/mol. The number of hydrogen-bond donors (Lipinski definition) is 0. The minimum atomic E-state index is -0.750. The molecule has 0 heterocycles. The molecule has 0 atom stereocenters. The second kappa shape index (κ2) is 49.7. The Morgan fingerprint density at radius 1 is 0.333 bits per heavy atom. The molecule has 0 saturated carbocycles. The lowest BCUT2D eigenvalue weighted by atomic mass is 11.9. The summed E-state index contributed by atoms with van der Waals surface area (Å²) in [6.07, 6.45) is 0. The molecule has 0 N–H and O–H groups in total. The highest BCUT2D eigenvalue weighted by Gasteiger charge is 1.79. The van der Waals surface area contributed by atoms with Gasteiger partial charge in [-0.2, -0.15) is 0 Å². The summed E-state index contributed by atoms with van der Waals surface area (Å²) in [5.41, 5.74) is 0. The van der Waals surface area contributed by atoms with Crippen LogP contribution in [0.1, 0.15) is 0 Å². The van der Waals surface area contributed by atoms with Crippen LogP contribution in [0.2, 0.25) is 0 Å². The number of alkyl halides is 15. The average molecular weight is 613 g/mol. The molecular weight excluding hydrogens is 604 g/mol. The van der Waals surface area contributed by atoms with Gasteiger partial charge in [0.2, 0.25) is 0 Å². The second-order valence-electron chi connectivity index (χ2n) is 1.05. The molecule has 0 radical (unpaired) electrons. The third-order valence-corrected chi connectivity index (χ3v) is 0. The molecule has 0 nitrogen and oxygen atoms in total. The predicted octanol–water partition coefficient (Wildman–Crippen LogP) is 10.2. The largest absolute Gasteiger partial charge is 0.180 e. The summed E-state index contributed by atoms with van der Waals surface area (Å²) in [6, 6.07) is 0. The summed E-state index contributed by atoms with van der Waals surface area (Å²) >= 11 is 71.8. The van der Waals surface area contributed by atoms with Crippen LogP contribution in [-0.4, -0.2) is 28.9 Å². The van der Waals surface area contributed by atoms with E-state index in [1.165, 1.54) is 0 Å². The van der Waals surface area contributed by atoms with Gasteiger partial charge in [0, 0.05) is 0 Å². The Balaban J connectivity index is -0.0000000324. The van der Waals surface area contributed by atoms with Crippen LogP contribution in [0.3, 0.4) is 0 Å². The molecule has 0 saturated heterocycles. The summed E-state index contributed by atoms with van der Waals surface area (Å²) in [4.78, 5) is 0. The van der Waals surface area contributed by atoms with Crippen LogP contribution in [0.4, 0.5) is 0 Å². The molecule has 0 amide bonds. The summed E-state index contributed by atoms with van der Waals surface area (Å²) in [5.74, 6) is 0. The standard InChI is InChI=1S/3CHCl3.3CH2Cl2/c3*2-1(3)4;3*2-1-3/h3*1H;3*1H2. The molecule has 0 aromatic rings. The van der Waals surface area contributed by atoms with Crippen LogP contribution in [0.15, 0.2) is 0 Å². The minimum absolute atomic E-state index is 0.194. The molecule has 15 heteroatoms. The van der Waals surface area contributed by atoms with Crippen molar-refractivity contribution in [2.24, 2.45) is 0 Å². The maximum absolute atomic E-state index is 4.81. The van der Waals surface area contributed by atoms with Crippen molar-refractivity contribution < 1.29 is 0 Å². The Morgan fingerprint density at radius 2 is 0.333 bits per heavy atom. The molecule has 138 valence electrons. The maximum atomic E-state index is 4.81. The van der Waals surface area contributed by atoms with E-state index >= 15 is 0 Å². The van der Waals surface area contributed by atoms with E-state index in [0.29, 0.717) is 0 Å². The first kappa shape index (κ1) is 40.1. The maximum Gasteiger partial charge on any atom is 0.180 e. The Labute approximate surface area is 200 Å². The van der Waals surface area contributed by atoms with Crippen molar-refractivity contribution in [2.75, 3.05) is 16.0 Å². The molecule has 0 bridgehead atoms. The zero-order valence-corrected chi connectivity index (χ0v) is 20.9. The fourth-order valence-corrected chi connectivity index (χ4v) is 0. The van der Waals surface area contributed by atoms with Gasteiger partial charge in [-0.3, -0.25) is 0 Å². The SMILES string of the molecule is ClC(Cl)Cl.ClC(Cl)Cl.ClC(Cl)Cl.ClCCl.ClCCl.ClCCl. The molecule has 0 aliphatic rings. The van der Waals surface area contributed by atoms with E-state index in [1.807, 2.05) is 0 Å². The van der Waals surface area contributed by atoms with E-state index in [-0.39, 0.29) is 16.0 Å². The summed E-state index contributed by atoms with van der Waals surface area (Å²) in [6.45, 7) is 0. The fraction of sp³-hybridized carbons (Fsp3) is 1.00. The first-order chi connectivity index (χ1) is 9.44. The third-order valence-electron chi connectivity index (χ3n) is 0. The average Bonchev–Trinajstić information content (AvgIpc) is 2.16. The number of halogens is 15. The van der Waals surface area contributed by atoms with Gasteiger partial charge in [-0.25, -0.2) is 0 Å². The van der Waals surface area contributed by atoms with Gasteiger partial charge < -0.3 is 0 Å². The first-order valence-electron chi connectivity index (χ1n) is 3.57. The van der Waals surface area contributed by atoms with Crippen LogP contribution in [0, 0.1) is 0 Å². The van der Waals surface area contributed by atoms with Crippen molar-refractivity contribution in [1.82, 2.24) is 0 Å². The van der Waals surface area contributed by atoms with Crippen LogP contribution in [-0.2, 0) is 0 Å². The van der Waals surface area contributed by atoms with Crippen LogP contribution in [0.5, 0.6) is 0 Å². The van der Waals surface area contributed by atoms with Gasteiger partial charge in [0.25, 0.3) is 0 Å². The van der Waals surface area contributed by atoms with Gasteiger partial charge in [0.15, 0.2) is 12.9 Å². The van der Waals surface area contributed by atoms with E-state index in [9.17, 15) is 0 Å². The Kier molecular flexibility index (Phi) is 94.9. The van der Waals surface area contributed by atoms with Crippen LogP contribution >= 0.6 is 174 Å². The minimum Gasteiger partial charge on any atom is -0.109 e. The third kappa shape index (κ3) is 643. The molecule has 0 fully saturated rings. The molecule has 0 aliphatic carbocycles. The monoisotopic (exact) mass is 606 g/mol. The second-order valence-corrected chi connectivity index (χ2v) is 9.41. The van der Waals surface area contributed by atoms with Gasteiger partial charge in [0.1, 0.15) is 0 Å². The van der Waals surface area contributed by atoms with Crippen molar-refractivity contribution in [3.05, 3.63) is 0 Å². The van der Waals surface area contributed by atoms with Crippen molar-refractivity contribution in [3.8, 4) is 0 Å². The van der Waals surface area contributed by atoms with E-state index in [1.54, 1.807) is 0 Å². The van der Waals surface area contributed by atoms with Crippen LogP contribution in [0.25, 0.3) is 0 Å². The van der Waals surface area contributed by atoms with Gasteiger partial charge >= 0.3 is 0 Å². The van der Waals surface area contributed by atoms with Crippen LogP contribution < -0.4 is 0 Å².